The van der Waals surface area contributed by atoms with Gasteiger partial charge in [-0.25, -0.2) is 9.59 Å². The first-order valence-electron chi connectivity index (χ1n) is 11.8. The van der Waals surface area contributed by atoms with Crippen LogP contribution in [0, 0.1) is 5.92 Å². The van der Waals surface area contributed by atoms with Gasteiger partial charge in [0.25, 0.3) is 0 Å². The van der Waals surface area contributed by atoms with Crippen molar-refractivity contribution in [3.63, 3.8) is 0 Å². The second kappa shape index (κ2) is 13.8. The van der Waals surface area contributed by atoms with Gasteiger partial charge in [0.05, 0.1) is 0 Å². The Morgan fingerprint density at radius 2 is 1.68 bits per heavy atom. The van der Waals surface area contributed by atoms with E-state index in [1.54, 1.807) is 13.0 Å². The number of ether oxygens (including phenoxy) is 2. The van der Waals surface area contributed by atoms with Crippen LogP contribution in [0.5, 0.6) is 0 Å². The molecule has 0 aliphatic heterocycles. The highest BCUT2D eigenvalue weighted by atomic mass is 16.6. The molecule has 0 bridgehead atoms. The topological polar surface area (TPSA) is 52.6 Å². The summed E-state index contributed by atoms with van der Waals surface area (Å²) in [6.45, 7) is 7.39. The lowest BCUT2D eigenvalue weighted by atomic mass is 9.77. The second-order valence-electron chi connectivity index (χ2n) is 8.65. The van der Waals surface area contributed by atoms with Crippen LogP contribution in [-0.4, -0.2) is 25.2 Å². The number of benzene rings is 1. The molecule has 4 nitrogen and oxygen atoms in total. The lowest BCUT2D eigenvalue weighted by Crippen LogP contribution is -2.13. The predicted octanol–water partition coefficient (Wildman–Crippen LogP) is 6.61. The van der Waals surface area contributed by atoms with Crippen molar-refractivity contribution < 1.29 is 19.1 Å². The molecular formula is C27H38O4. The number of unbranched alkanes of at least 4 members (excludes halogenated alkanes) is 3. The van der Waals surface area contributed by atoms with Crippen molar-refractivity contribution in [1.29, 1.82) is 0 Å². The highest BCUT2D eigenvalue weighted by molar-refractivity contribution is 5.87. The minimum absolute atomic E-state index is 0.0287. The zero-order valence-electron chi connectivity index (χ0n) is 19.2. The fraction of sp³-hybridized carbons (Fsp3) is 0.556. The summed E-state index contributed by atoms with van der Waals surface area (Å²) in [7, 11) is 0. The first-order valence-corrected chi connectivity index (χ1v) is 11.8. The Labute approximate surface area is 187 Å². The van der Waals surface area contributed by atoms with E-state index in [0.29, 0.717) is 11.5 Å². The number of hydrogen-bond donors (Lipinski definition) is 0. The number of carbonyl (C=O) groups is 2. The van der Waals surface area contributed by atoms with Gasteiger partial charge in [0, 0.05) is 11.6 Å². The summed E-state index contributed by atoms with van der Waals surface area (Å²) in [5.74, 6) is 0.655. The third kappa shape index (κ3) is 9.54. The van der Waals surface area contributed by atoms with Gasteiger partial charge < -0.3 is 9.47 Å². The van der Waals surface area contributed by atoms with Crippen LogP contribution in [0.4, 0.5) is 0 Å². The van der Waals surface area contributed by atoms with E-state index in [2.05, 4.69) is 37.8 Å². The smallest absolute Gasteiger partial charge is 0.333 e. The van der Waals surface area contributed by atoms with Crippen molar-refractivity contribution in [3.8, 4) is 0 Å². The molecule has 31 heavy (non-hydrogen) atoms. The Hall–Kier alpha value is -2.36. The molecule has 1 aliphatic carbocycles. The van der Waals surface area contributed by atoms with Gasteiger partial charge >= 0.3 is 11.9 Å². The molecule has 0 radical (unpaired) electrons. The standard InChI is InChI=1S/C27H38O4/c1-4-5-6-7-8-22-9-14-24(15-10-22)25-16-11-23(12-17-25)13-18-26(28)30-19-20-31-27(29)21(2)3/h11-13,16-18,22,24H,2,4-10,14-15,19-20H2,1,3H3/b18-13+. The van der Waals surface area contributed by atoms with Gasteiger partial charge in [0.1, 0.15) is 13.2 Å². The molecule has 1 aliphatic rings. The number of esters is 2. The molecule has 1 aromatic carbocycles. The van der Waals surface area contributed by atoms with Gasteiger partial charge in [-0.2, -0.15) is 0 Å². The molecule has 4 heteroatoms. The fourth-order valence-electron chi connectivity index (χ4n) is 4.14. The average molecular weight is 427 g/mol. The Morgan fingerprint density at radius 1 is 1.00 bits per heavy atom. The lowest BCUT2D eigenvalue weighted by molar-refractivity contribution is -0.146. The van der Waals surface area contributed by atoms with Crippen molar-refractivity contribution in [3.05, 3.63) is 53.6 Å². The fourth-order valence-corrected chi connectivity index (χ4v) is 4.14. The Kier molecular flexibility index (Phi) is 11.1. The van der Waals surface area contributed by atoms with E-state index in [-0.39, 0.29) is 13.2 Å². The molecule has 1 aromatic rings. The van der Waals surface area contributed by atoms with Crippen molar-refractivity contribution >= 4 is 18.0 Å². The third-order valence-electron chi connectivity index (χ3n) is 6.04. The van der Waals surface area contributed by atoms with Gasteiger partial charge in [-0.05, 0) is 61.6 Å². The summed E-state index contributed by atoms with van der Waals surface area (Å²) in [5.41, 5.74) is 2.70. The van der Waals surface area contributed by atoms with Crippen LogP contribution in [0.25, 0.3) is 6.08 Å². The highest BCUT2D eigenvalue weighted by Gasteiger charge is 2.21. The molecule has 2 rings (SSSR count). The largest absolute Gasteiger partial charge is 0.459 e. The number of hydrogen-bond acceptors (Lipinski definition) is 4. The van der Waals surface area contributed by atoms with E-state index >= 15 is 0 Å². The monoisotopic (exact) mass is 426 g/mol. The van der Waals surface area contributed by atoms with Crippen LogP contribution in [0.15, 0.2) is 42.5 Å². The van der Waals surface area contributed by atoms with Crippen molar-refractivity contribution in [2.75, 3.05) is 13.2 Å². The van der Waals surface area contributed by atoms with Gasteiger partial charge in [-0.15, -0.1) is 0 Å². The molecule has 170 valence electrons. The number of carbonyl (C=O) groups excluding carboxylic acids is 2. The number of rotatable bonds is 12. The molecule has 1 saturated carbocycles. The summed E-state index contributed by atoms with van der Waals surface area (Å²) in [6.07, 6.45) is 15.3. The van der Waals surface area contributed by atoms with E-state index in [9.17, 15) is 9.59 Å². The SMILES string of the molecule is C=C(C)C(=O)OCCOC(=O)/C=C/c1ccc(C2CCC(CCCCCC)CC2)cc1. The van der Waals surface area contributed by atoms with Crippen LogP contribution >= 0.6 is 0 Å². The molecule has 0 unspecified atom stereocenters. The molecule has 0 atom stereocenters. The van der Waals surface area contributed by atoms with E-state index in [4.69, 9.17) is 9.47 Å². The summed E-state index contributed by atoms with van der Waals surface area (Å²) in [6, 6.07) is 8.50. The zero-order valence-corrected chi connectivity index (χ0v) is 19.2. The third-order valence-corrected chi connectivity index (χ3v) is 6.04. The van der Waals surface area contributed by atoms with Crippen molar-refractivity contribution in [2.45, 2.75) is 77.6 Å². The first-order chi connectivity index (χ1) is 15.0. The summed E-state index contributed by atoms with van der Waals surface area (Å²) < 4.78 is 9.91. The first kappa shape index (κ1) is 24.9. The zero-order chi connectivity index (χ0) is 22.5. The van der Waals surface area contributed by atoms with Crippen molar-refractivity contribution in [1.82, 2.24) is 0 Å². The predicted molar refractivity (Wildman–Crippen MR) is 126 cm³/mol. The van der Waals surface area contributed by atoms with Gasteiger partial charge in [0.2, 0.25) is 0 Å². The minimum Gasteiger partial charge on any atom is -0.459 e. The van der Waals surface area contributed by atoms with Crippen LogP contribution in [0.1, 0.15) is 88.7 Å². The Bertz CT molecular complexity index is 724. The van der Waals surface area contributed by atoms with Gasteiger partial charge in [-0.1, -0.05) is 69.9 Å². The molecule has 0 spiro atoms. The molecule has 0 aromatic heterocycles. The summed E-state index contributed by atoms with van der Waals surface area (Å²) >= 11 is 0. The molecule has 0 N–H and O–H groups in total. The minimum atomic E-state index is -0.479. The van der Waals surface area contributed by atoms with Gasteiger partial charge in [-0.3, -0.25) is 0 Å². The summed E-state index contributed by atoms with van der Waals surface area (Å²) in [4.78, 5) is 23.0. The van der Waals surface area contributed by atoms with Crippen LogP contribution in [0.2, 0.25) is 0 Å². The Morgan fingerprint density at radius 3 is 2.32 bits per heavy atom. The molecule has 0 saturated heterocycles. The van der Waals surface area contributed by atoms with Crippen LogP contribution < -0.4 is 0 Å². The van der Waals surface area contributed by atoms with E-state index in [1.807, 2.05) is 0 Å². The van der Waals surface area contributed by atoms with Gasteiger partial charge in [0.15, 0.2) is 0 Å². The van der Waals surface area contributed by atoms with Crippen LogP contribution in [-0.2, 0) is 19.1 Å². The van der Waals surface area contributed by atoms with E-state index in [0.717, 1.165) is 11.5 Å². The molecule has 0 heterocycles. The molecule has 0 amide bonds. The highest BCUT2D eigenvalue weighted by Crippen LogP contribution is 2.37. The lowest BCUT2D eigenvalue weighted by Gasteiger charge is -2.29. The summed E-state index contributed by atoms with van der Waals surface area (Å²) in [5, 5.41) is 0. The normalized spacial score (nSPS) is 18.6. The Balaban J connectivity index is 1.69. The maximum atomic E-state index is 11.8. The maximum absolute atomic E-state index is 11.8. The van der Waals surface area contributed by atoms with E-state index in [1.165, 1.54) is 69.4 Å². The average Bonchev–Trinajstić information content (AvgIpc) is 2.79. The van der Waals surface area contributed by atoms with Crippen molar-refractivity contribution in [2.24, 2.45) is 5.92 Å². The molecule has 1 fully saturated rings. The maximum Gasteiger partial charge on any atom is 0.333 e. The van der Waals surface area contributed by atoms with E-state index < -0.39 is 11.9 Å². The van der Waals surface area contributed by atoms with Crippen LogP contribution in [0.3, 0.4) is 0 Å². The molecular weight excluding hydrogens is 388 g/mol. The quantitative estimate of drug-likeness (QED) is 0.214. The second-order valence-corrected chi connectivity index (χ2v) is 8.65.